The minimum atomic E-state index is -0.215. The van der Waals surface area contributed by atoms with Crippen LogP contribution in [0.3, 0.4) is 0 Å². The summed E-state index contributed by atoms with van der Waals surface area (Å²) in [6, 6.07) is 4.94. The van der Waals surface area contributed by atoms with Crippen molar-refractivity contribution < 1.29 is 4.39 Å². The summed E-state index contributed by atoms with van der Waals surface area (Å²) < 4.78 is 13.6. The second kappa shape index (κ2) is 6.23. The summed E-state index contributed by atoms with van der Waals surface area (Å²) >= 11 is 3.35. The van der Waals surface area contributed by atoms with Crippen molar-refractivity contribution in [3.63, 3.8) is 0 Å². The van der Waals surface area contributed by atoms with Gasteiger partial charge in [-0.2, -0.15) is 0 Å². The van der Waals surface area contributed by atoms with Gasteiger partial charge >= 0.3 is 0 Å². The van der Waals surface area contributed by atoms with Crippen LogP contribution < -0.4 is 5.73 Å². The molecule has 1 aromatic carbocycles. The van der Waals surface area contributed by atoms with Crippen LogP contribution in [0.5, 0.6) is 0 Å². The Morgan fingerprint density at radius 1 is 1.47 bits per heavy atom. The van der Waals surface area contributed by atoms with Gasteiger partial charge in [0.2, 0.25) is 0 Å². The molecule has 1 nitrogen and oxygen atoms in total. The first kappa shape index (κ1) is 12.7. The number of hydrogen-bond donors (Lipinski definition) is 1. The van der Waals surface area contributed by atoms with Crippen molar-refractivity contribution in [2.75, 3.05) is 0 Å². The first-order chi connectivity index (χ1) is 7.13. The van der Waals surface area contributed by atoms with E-state index in [-0.39, 0.29) is 11.9 Å². The van der Waals surface area contributed by atoms with Gasteiger partial charge in [-0.1, -0.05) is 41.8 Å². The fourth-order valence-electron chi connectivity index (χ4n) is 1.54. The molecule has 0 aliphatic heterocycles. The van der Waals surface area contributed by atoms with Gasteiger partial charge in [0.15, 0.2) is 0 Å². The largest absolute Gasteiger partial charge is 0.327 e. The second-order valence-electron chi connectivity index (χ2n) is 3.84. The minimum Gasteiger partial charge on any atom is -0.327 e. The zero-order valence-corrected chi connectivity index (χ0v) is 10.6. The molecule has 0 aliphatic carbocycles. The zero-order valence-electron chi connectivity index (χ0n) is 8.97. The Bertz CT molecular complexity index is 314. The van der Waals surface area contributed by atoms with Gasteiger partial charge in [0.05, 0.1) is 0 Å². The fourth-order valence-corrected chi connectivity index (χ4v) is 2.05. The van der Waals surface area contributed by atoms with Crippen LogP contribution >= 0.6 is 15.9 Å². The van der Waals surface area contributed by atoms with Gasteiger partial charge in [0.25, 0.3) is 0 Å². The standard InChI is InChI=1S/C12H17BrFN/c1-2-3-4-11(15)7-9-5-6-10(14)8-12(9)13/h5-6,8,11H,2-4,7,15H2,1H3. The SMILES string of the molecule is CCCCC(N)Cc1ccc(F)cc1Br. The van der Waals surface area contributed by atoms with Crippen molar-refractivity contribution in [2.24, 2.45) is 5.73 Å². The molecule has 0 amide bonds. The van der Waals surface area contributed by atoms with E-state index in [0.29, 0.717) is 0 Å². The van der Waals surface area contributed by atoms with E-state index in [0.717, 1.165) is 35.7 Å². The molecule has 15 heavy (non-hydrogen) atoms. The van der Waals surface area contributed by atoms with Crippen LogP contribution in [0.25, 0.3) is 0 Å². The summed E-state index contributed by atoms with van der Waals surface area (Å²) in [4.78, 5) is 0. The Labute approximate surface area is 99.0 Å². The number of benzene rings is 1. The first-order valence-corrected chi connectivity index (χ1v) is 6.12. The smallest absolute Gasteiger partial charge is 0.124 e. The van der Waals surface area contributed by atoms with Crippen molar-refractivity contribution >= 4 is 15.9 Å². The molecule has 1 atom stereocenters. The summed E-state index contributed by atoms with van der Waals surface area (Å²) in [6.07, 6.45) is 4.15. The van der Waals surface area contributed by atoms with E-state index in [2.05, 4.69) is 22.9 Å². The van der Waals surface area contributed by atoms with Gasteiger partial charge in [-0.05, 0) is 30.5 Å². The lowest BCUT2D eigenvalue weighted by atomic mass is 10.0. The highest BCUT2D eigenvalue weighted by molar-refractivity contribution is 9.10. The lowest BCUT2D eigenvalue weighted by Gasteiger charge is -2.12. The van der Waals surface area contributed by atoms with E-state index in [1.807, 2.05) is 0 Å². The maximum atomic E-state index is 12.8. The van der Waals surface area contributed by atoms with E-state index in [1.54, 1.807) is 6.07 Å². The Hall–Kier alpha value is -0.410. The highest BCUT2D eigenvalue weighted by Gasteiger charge is 2.07. The van der Waals surface area contributed by atoms with Gasteiger partial charge in [-0.25, -0.2) is 4.39 Å². The molecule has 0 saturated heterocycles. The molecule has 2 N–H and O–H groups in total. The number of halogens is 2. The van der Waals surface area contributed by atoms with Crippen molar-refractivity contribution in [3.05, 3.63) is 34.1 Å². The molecule has 0 fully saturated rings. The molecule has 0 aromatic heterocycles. The molecule has 0 heterocycles. The van der Waals surface area contributed by atoms with Crippen molar-refractivity contribution in [1.29, 1.82) is 0 Å². The average molecular weight is 274 g/mol. The van der Waals surface area contributed by atoms with Crippen molar-refractivity contribution in [1.82, 2.24) is 0 Å². The van der Waals surface area contributed by atoms with E-state index < -0.39 is 0 Å². The van der Waals surface area contributed by atoms with Crippen LogP contribution in [0.4, 0.5) is 4.39 Å². The first-order valence-electron chi connectivity index (χ1n) is 5.33. The Morgan fingerprint density at radius 3 is 2.80 bits per heavy atom. The third-order valence-corrected chi connectivity index (χ3v) is 3.16. The molecule has 1 unspecified atom stereocenters. The molecule has 3 heteroatoms. The number of nitrogens with two attached hydrogens (primary N) is 1. The Balaban J connectivity index is 2.56. The minimum absolute atomic E-state index is 0.173. The number of rotatable bonds is 5. The highest BCUT2D eigenvalue weighted by Crippen LogP contribution is 2.20. The molecule has 0 saturated carbocycles. The van der Waals surface area contributed by atoms with Crippen LogP contribution in [0.15, 0.2) is 22.7 Å². The predicted molar refractivity (Wildman–Crippen MR) is 65.3 cm³/mol. The van der Waals surface area contributed by atoms with Gasteiger partial charge in [0.1, 0.15) is 5.82 Å². The van der Waals surface area contributed by atoms with E-state index in [1.165, 1.54) is 12.1 Å². The molecule has 1 rings (SSSR count). The maximum Gasteiger partial charge on any atom is 0.124 e. The molecule has 1 aromatic rings. The number of unbranched alkanes of at least 4 members (excludes halogenated alkanes) is 1. The third kappa shape index (κ3) is 4.31. The maximum absolute atomic E-state index is 12.8. The molecular formula is C12H17BrFN. The van der Waals surface area contributed by atoms with Gasteiger partial charge in [-0.3, -0.25) is 0 Å². The Morgan fingerprint density at radius 2 is 2.20 bits per heavy atom. The monoisotopic (exact) mass is 273 g/mol. The molecular weight excluding hydrogens is 257 g/mol. The molecule has 0 aliphatic rings. The number of hydrogen-bond acceptors (Lipinski definition) is 1. The van der Waals surface area contributed by atoms with Gasteiger partial charge in [0, 0.05) is 10.5 Å². The molecule has 0 bridgehead atoms. The van der Waals surface area contributed by atoms with Crippen LogP contribution in [-0.4, -0.2) is 6.04 Å². The normalized spacial score (nSPS) is 12.8. The summed E-state index contributed by atoms with van der Waals surface area (Å²) in [5.74, 6) is -0.215. The lowest BCUT2D eigenvalue weighted by molar-refractivity contribution is 0.571. The van der Waals surface area contributed by atoms with Crippen LogP contribution in [0, 0.1) is 5.82 Å². The summed E-state index contributed by atoms with van der Waals surface area (Å²) in [7, 11) is 0. The molecule has 0 spiro atoms. The summed E-state index contributed by atoms with van der Waals surface area (Å²) in [5.41, 5.74) is 7.07. The van der Waals surface area contributed by atoms with Crippen molar-refractivity contribution in [2.45, 2.75) is 38.6 Å². The van der Waals surface area contributed by atoms with Crippen molar-refractivity contribution in [3.8, 4) is 0 Å². The van der Waals surface area contributed by atoms with Gasteiger partial charge in [-0.15, -0.1) is 0 Å². The van der Waals surface area contributed by atoms with Gasteiger partial charge < -0.3 is 5.73 Å². The van der Waals surface area contributed by atoms with Crippen LogP contribution in [0.2, 0.25) is 0 Å². The fraction of sp³-hybridized carbons (Fsp3) is 0.500. The van der Waals surface area contributed by atoms with Crippen LogP contribution in [0.1, 0.15) is 31.7 Å². The second-order valence-corrected chi connectivity index (χ2v) is 4.70. The lowest BCUT2D eigenvalue weighted by Crippen LogP contribution is -2.22. The summed E-state index contributed by atoms with van der Waals surface area (Å²) in [5, 5.41) is 0. The molecule has 84 valence electrons. The van der Waals surface area contributed by atoms with E-state index >= 15 is 0 Å². The Kier molecular flexibility index (Phi) is 5.26. The van der Waals surface area contributed by atoms with Crippen LogP contribution in [-0.2, 0) is 6.42 Å². The summed E-state index contributed by atoms with van der Waals surface area (Å²) in [6.45, 7) is 2.15. The topological polar surface area (TPSA) is 26.0 Å². The molecule has 0 radical (unpaired) electrons. The highest BCUT2D eigenvalue weighted by atomic mass is 79.9. The predicted octanol–water partition coefficient (Wildman–Crippen LogP) is 3.65. The van der Waals surface area contributed by atoms with E-state index in [4.69, 9.17) is 5.73 Å². The zero-order chi connectivity index (χ0) is 11.3. The van der Waals surface area contributed by atoms with E-state index in [9.17, 15) is 4.39 Å². The average Bonchev–Trinajstić information content (AvgIpc) is 2.19. The third-order valence-electron chi connectivity index (χ3n) is 2.43. The quantitative estimate of drug-likeness (QED) is 0.871.